The summed E-state index contributed by atoms with van der Waals surface area (Å²) in [5, 5.41) is 3.58. The lowest BCUT2D eigenvalue weighted by Crippen LogP contribution is -2.35. The molecule has 0 spiro atoms. The van der Waals surface area contributed by atoms with Gasteiger partial charge in [0.15, 0.2) is 0 Å². The van der Waals surface area contributed by atoms with Crippen molar-refractivity contribution in [3.63, 3.8) is 0 Å². The highest BCUT2D eigenvalue weighted by Gasteiger charge is 2.12. The third-order valence-corrected chi connectivity index (χ3v) is 3.72. The fourth-order valence-electron chi connectivity index (χ4n) is 2.33. The van der Waals surface area contributed by atoms with Gasteiger partial charge in [-0.2, -0.15) is 0 Å². The van der Waals surface area contributed by atoms with E-state index in [4.69, 9.17) is 4.74 Å². The van der Waals surface area contributed by atoms with Crippen molar-refractivity contribution >= 4 is 0 Å². The predicted molar refractivity (Wildman–Crippen MR) is 77.7 cm³/mol. The summed E-state index contributed by atoms with van der Waals surface area (Å²) < 4.78 is 5.55. The normalized spacial score (nSPS) is 21.0. The second kappa shape index (κ2) is 9.40. The van der Waals surface area contributed by atoms with E-state index in [9.17, 15) is 0 Å². The van der Waals surface area contributed by atoms with Crippen LogP contribution in [0.5, 0.6) is 0 Å². The van der Waals surface area contributed by atoms with Crippen molar-refractivity contribution in [1.82, 2.24) is 10.2 Å². The zero-order valence-electron chi connectivity index (χ0n) is 12.3. The molecule has 0 aromatic carbocycles. The molecule has 0 fully saturated rings. The third kappa shape index (κ3) is 6.41. The highest BCUT2D eigenvalue weighted by atomic mass is 16.5. The molecule has 0 aliphatic carbocycles. The van der Waals surface area contributed by atoms with Gasteiger partial charge in [0.1, 0.15) is 6.10 Å². The maximum Gasteiger partial charge on any atom is 0.110 e. The summed E-state index contributed by atoms with van der Waals surface area (Å²) in [4.78, 5) is 2.49. The maximum atomic E-state index is 5.55. The van der Waals surface area contributed by atoms with Crippen molar-refractivity contribution in [1.29, 1.82) is 0 Å². The van der Waals surface area contributed by atoms with Crippen LogP contribution in [0.1, 0.15) is 46.5 Å². The molecule has 3 nitrogen and oxygen atoms in total. The molecule has 0 saturated carbocycles. The molecular weight excluding hydrogens is 224 g/mol. The Labute approximate surface area is 113 Å². The lowest BCUT2D eigenvalue weighted by Gasteiger charge is -2.23. The predicted octanol–water partition coefficient (Wildman–Crippen LogP) is 2.78. The summed E-state index contributed by atoms with van der Waals surface area (Å²) in [5.41, 5.74) is 0. The third-order valence-electron chi connectivity index (χ3n) is 3.72. The van der Waals surface area contributed by atoms with E-state index in [-0.39, 0.29) is 0 Å². The minimum atomic E-state index is 0.375. The average molecular weight is 254 g/mol. The molecule has 106 valence electrons. The van der Waals surface area contributed by atoms with Gasteiger partial charge in [0, 0.05) is 12.6 Å². The van der Waals surface area contributed by atoms with Crippen molar-refractivity contribution in [2.24, 2.45) is 0 Å². The first kappa shape index (κ1) is 15.5. The Morgan fingerprint density at radius 2 is 2.17 bits per heavy atom. The van der Waals surface area contributed by atoms with Crippen LogP contribution < -0.4 is 5.32 Å². The quantitative estimate of drug-likeness (QED) is 0.685. The molecule has 1 aliphatic heterocycles. The van der Waals surface area contributed by atoms with E-state index < -0.39 is 0 Å². The second-order valence-corrected chi connectivity index (χ2v) is 5.19. The summed E-state index contributed by atoms with van der Waals surface area (Å²) in [7, 11) is 0. The number of hydrogen-bond acceptors (Lipinski definition) is 3. The van der Waals surface area contributed by atoms with Gasteiger partial charge in [0.25, 0.3) is 0 Å². The highest BCUT2D eigenvalue weighted by molar-refractivity contribution is 4.83. The number of allylic oxidation sites excluding steroid dienone is 1. The molecule has 1 heterocycles. The van der Waals surface area contributed by atoms with Crippen LogP contribution in [0.4, 0.5) is 0 Å². The molecule has 1 aliphatic rings. The van der Waals surface area contributed by atoms with Crippen LogP contribution >= 0.6 is 0 Å². The molecule has 2 atom stereocenters. The Morgan fingerprint density at radius 3 is 2.78 bits per heavy atom. The van der Waals surface area contributed by atoms with Crippen molar-refractivity contribution < 1.29 is 4.74 Å². The minimum absolute atomic E-state index is 0.375. The number of ether oxygens (including phenoxy) is 1. The first-order valence-corrected chi connectivity index (χ1v) is 7.52. The van der Waals surface area contributed by atoms with Crippen LogP contribution in [0.25, 0.3) is 0 Å². The van der Waals surface area contributed by atoms with Crippen LogP contribution in [0.15, 0.2) is 12.3 Å². The monoisotopic (exact) mass is 254 g/mol. The van der Waals surface area contributed by atoms with Gasteiger partial charge in [-0.1, -0.05) is 13.8 Å². The smallest absolute Gasteiger partial charge is 0.110 e. The number of nitrogens with one attached hydrogen (secondary N) is 1. The largest absolute Gasteiger partial charge is 0.497 e. The van der Waals surface area contributed by atoms with E-state index in [1.165, 1.54) is 32.5 Å². The molecule has 1 rings (SSSR count). The Morgan fingerprint density at radius 1 is 1.39 bits per heavy atom. The molecule has 0 saturated heterocycles. The van der Waals surface area contributed by atoms with E-state index in [1.54, 1.807) is 0 Å². The zero-order chi connectivity index (χ0) is 13.2. The van der Waals surface area contributed by atoms with Crippen molar-refractivity contribution in [3.8, 4) is 0 Å². The van der Waals surface area contributed by atoms with Gasteiger partial charge in [-0.15, -0.1) is 0 Å². The fourth-order valence-corrected chi connectivity index (χ4v) is 2.33. The Kier molecular flexibility index (Phi) is 8.10. The van der Waals surface area contributed by atoms with E-state index >= 15 is 0 Å². The molecule has 2 unspecified atom stereocenters. The Hall–Kier alpha value is -0.540. The van der Waals surface area contributed by atoms with E-state index in [1.807, 2.05) is 6.26 Å². The topological polar surface area (TPSA) is 24.5 Å². The molecule has 0 amide bonds. The van der Waals surface area contributed by atoms with Gasteiger partial charge in [-0.05, 0) is 58.3 Å². The van der Waals surface area contributed by atoms with Gasteiger partial charge in [0.2, 0.25) is 0 Å². The van der Waals surface area contributed by atoms with Crippen molar-refractivity contribution in [3.05, 3.63) is 12.3 Å². The van der Waals surface area contributed by atoms with Gasteiger partial charge in [0.05, 0.1) is 6.26 Å². The first-order chi connectivity index (χ1) is 8.76. The summed E-state index contributed by atoms with van der Waals surface area (Å²) in [6, 6.07) is 0.593. The fraction of sp³-hybridized carbons (Fsp3) is 0.867. The first-order valence-electron chi connectivity index (χ1n) is 7.52. The average Bonchev–Trinajstić information content (AvgIpc) is 2.42. The van der Waals surface area contributed by atoms with Gasteiger partial charge >= 0.3 is 0 Å². The summed E-state index contributed by atoms with van der Waals surface area (Å²) in [5.74, 6) is 0. The van der Waals surface area contributed by atoms with Crippen LogP contribution in [-0.2, 0) is 4.74 Å². The Bertz CT molecular complexity index is 227. The molecule has 3 heteroatoms. The molecule has 0 bridgehead atoms. The molecular formula is C15H30N2O. The van der Waals surface area contributed by atoms with Crippen LogP contribution in [-0.4, -0.2) is 43.2 Å². The maximum absolute atomic E-state index is 5.55. The lowest BCUT2D eigenvalue weighted by atomic mass is 10.1. The molecule has 0 radical (unpaired) electrons. The summed E-state index contributed by atoms with van der Waals surface area (Å²) in [6.45, 7) is 11.3. The van der Waals surface area contributed by atoms with E-state index in [0.717, 1.165) is 19.4 Å². The number of hydrogen-bond donors (Lipinski definition) is 1. The van der Waals surface area contributed by atoms with Crippen molar-refractivity contribution in [2.45, 2.75) is 58.6 Å². The van der Waals surface area contributed by atoms with Crippen LogP contribution in [0.2, 0.25) is 0 Å². The second-order valence-electron chi connectivity index (χ2n) is 5.19. The van der Waals surface area contributed by atoms with Gasteiger partial charge in [-0.3, -0.25) is 0 Å². The van der Waals surface area contributed by atoms with Gasteiger partial charge < -0.3 is 15.0 Å². The van der Waals surface area contributed by atoms with Crippen LogP contribution in [0.3, 0.4) is 0 Å². The lowest BCUT2D eigenvalue weighted by molar-refractivity contribution is 0.119. The number of rotatable bonds is 9. The van der Waals surface area contributed by atoms with Crippen LogP contribution in [0, 0.1) is 0 Å². The summed E-state index contributed by atoms with van der Waals surface area (Å²) >= 11 is 0. The molecule has 1 N–H and O–H groups in total. The minimum Gasteiger partial charge on any atom is -0.497 e. The van der Waals surface area contributed by atoms with Crippen molar-refractivity contribution in [2.75, 3.05) is 26.2 Å². The number of nitrogens with zero attached hydrogens (tertiary/aromatic N) is 1. The highest BCUT2D eigenvalue weighted by Crippen LogP contribution is 2.09. The molecule has 0 aromatic rings. The standard InChI is InChI=1S/C15H30N2O/c1-4-17(5-2)11-8-9-14(3)16-13-15-10-6-7-12-18-15/h7,12,14-16H,4-6,8-11,13H2,1-3H3. The molecule has 0 aromatic heterocycles. The Balaban J connectivity index is 2.02. The van der Waals surface area contributed by atoms with Gasteiger partial charge in [-0.25, -0.2) is 0 Å². The molecule has 18 heavy (non-hydrogen) atoms. The zero-order valence-corrected chi connectivity index (χ0v) is 12.3. The summed E-state index contributed by atoms with van der Waals surface area (Å²) in [6.07, 6.45) is 9.16. The SMILES string of the molecule is CCN(CC)CCCC(C)NCC1CCC=CO1. The van der Waals surface area contributed by atoms with E-state index in [0.29, 0.717) is 12.1 Å². The van der Waals surface area contributed by atoms with E-state index in [2.05, 4.69) is 37.1 Å².